The van der Waals surface area contributed by atoms with Gasteiger partial charge >= 0.3 is 5.97 Å². The smallest absolute Gasteiger partial charge is 0.335 e. The summed E-state index contributed by atoms with van der Waals surface area (Å²) in [4.78, 5) is 11.3. The second kappa shape index (κ2) is 6.44. The number of aryl methyl sites for hydroxylation is 2. The van der Waals surface area contributed by atoms with Crippen LogP contribution in [0.2, 0.25) is 0 Å². The van der Waals surface area contributed by atoms with E-state index in [0.29, 0.717) is 12.2 Å². The lowest BCUT2D eigenvalue weighted by Crippen LogP contribution is -2.02. The Morgan fingerprint density at radius 2 is 1.81 bits per heavy atom. The molecule has 0 saturated heterocycles. The largest absolute Gasteiger partial charge is 0.493 e. The molecule has 2 aromatic rings. The Bertz CT molecular complexity index is 660. The van der Waals surface area contributed by atoms with Gasteiger partial charge in [-0.25, -0.2) is 4.79 Å². The van der Waals surface area contributed by atoms with Crippen LogP contribution in [-0.4, -0.2) is 17.7 Å². The number of para-hydroxylation sites is 1. The molecule has 0 amide bonds. The number of carboxylic acids is 1. The van der Waals surface area contributed by atoms with E-state index in [4.69, 9.17) is 4.74 Å². The maximum absolute atomic E-state index is 11.3. The highest BCUT2D eigenvalue weighted by Crippen LogP contribution is 2.33. The number of benzene rings is 2. The van der Waals surface area contributed by atoms with Crippen molar-refractivity contribution in [2.24, 2.45) is 0 Å². The molecule has 0 fully saturated rings. The summed E-state index contributed by atoms with van der Waals surface area (Å²) in [7, 11) is 0. The molecule has 0 aromatic heterocycles. The van der Waals surface area contributed by atoms with Gasteiger partial charge in [-0.05, 0) is 49.1 Å². The first kappa shape index (κ1) is 15.1. The molecular formula is C18H20O3. The van der Waals surface area contributed by atoms with E-state index in [2.05, 4.69) is 6.92 Å². The van der Waals surface area contributed by atoms with Gasteiger partial charge in [0.1, 0.15) is 5.75 Å². The minimum Gasteiger partial charge on any atom is -0.493 e. The lowest BCUT2D eigenvalue weighted by atomic mass is 9.94. The van der Waals surface area contributed by atoms with Crippen LogP contribution < -0.4 is 4.74 Å². The van der Waals surface area contributed by atoms with Crippen molar-refractivity contribution in [3.63, 3.8) is 0 Å². The normalized spacial score (nSPS) is 10.4. The van der Waals surface area contributed by atoms with Crippen molar-refractivity contribution in [1.82, 2.24) is 0 Å². The summed E-state index contributed by atoms with van der Waals surface area (Å²) in [6.07, 6.45) is 0.932. The lowest BCUT2D eigenvalue weighted by Gasteiger charge is -2.14. The first-order chi connectivity index (χ1) is 10.0. The predicted octanol–water partition coefficient (Wildman–Crippen LogP) is 4.46. The van der Waals surface area contributed by atoms with Gasteiger partial charge < -0.3 is 9.84 Å². The number of carbonyl (C=O) groups is 1. The van der Waals surface area contributed by atoms with E-state index in [1.807, 2.05) is 44.2 Å². The van der Waals surface area contributed by atoms with Gasteiger partial charge in [-0.3, -0.25) is 0 Å². The molecule has 0 unspecified atom stereocenters. The average Bonchev–Trinajstić information content (AvgIpc) is 2.45. The monoisotopic (exact) mass is 284 g/mol. The van der Waals surface area contributed by atoms with Gasteiger partial charge in [0.2, 0.25) is 0 Å². The summed E-state index contributed by atoms with van der Waals surface area (Å²) in [6, 6.07) is 11.4. The number of carboxylic acid groups (broad SMARTS) is 1. The van der Waals surface area contributed by atoms with Gasteiger partial charge in [0.25, 0.3) is 0 Å². The molecule has 0 bridgehead atoms. The zero-order chi connectivity index (χ0) is 15.4. The first-order valence-corrected chi connectivity index (χ1v) is 7.11. The minimum absolute atomic E-state index is 0.334. The van der Waals surface area contributed by atoms with Crippen LogP contribution in [0.15, 0.2) is 36.4 Å². The molecule has 0 saturated carbocycles. The number of hydrogen-bond donors (Lipinski definition) is 1. The molecule has 110 valence electrons. The summed E-state index contributed by atoms with van der Waals surface area (Å²) >= 11 is 0. The molecule has 2 rings (SSSR count). The summed E-state index contributed by atoms with van der Waals surface area (Å²) in [5.74, 6) is -0.108. The second-order valence-corrected chi connectivity index (χ2v) is 5.13. The molecule has 2 aromatic carbocycles. The van der Waals surface area contributed by atoms with E-state index in [-0.39, 0.29) is 0 Å². The third kappa shape index (κ3) is 3.24. The Balaban J connectivity index is 2.56. The highest BCUT2D eigenvalue weighted by Gasteiger charge is 2.14. The van der Waals surface area contributed by atoms with Gasteiger partial charge in [-0.15, -0.1) is 0 Å². The van der Waals surface area contributed by atoms with Crippen LogP contribution in [0.5, 0.6) is 5.75 Å². The molecule has 0 aliphatic rings. The van der Waals surface area contributed by atoms with Crippen molar-refractivity contribution < 1.29 is 14.6 Å². The van der Waals surface area contributed by atoms with E-state index in [9.17, 15) is 9.90 Å². The van der Waals surface area contributed by atoms with E-state index in [1.165, 1.54) is 0 Å². The summed E-state index contributed by atoms with van der Waals surface area (Å²) in [6.45, 7) is 6.51. The van der Waals surface area contributed by atoms with Crippen molar-refractivity contribution in [1.29, 1.82) is 0 Å². The topological polar surface area (TPSA) is 46.5 Å². The fraction of sp³-hybridized carbons (Fsp3) is 0.278. The van der Waals surface area contributed by atoms with Crippen LogP contribution in [0.1, 0.15) is 34.8 Å². The van der Waals surface area contributed by atoms with Gasteiger partial charge in [-0.1, -0.05) is 31.2 Å². The molecule has 0 heterocycles. The fourth-order valence-electron chi connectivity index (χ4n) is 2.40. The Kier molecular flexibility index (Phi) is 4.63. The van der Waals surface area contributed by atoms with E-state index >= 15 is 0 Å². The molecule has 0 radical (unpaired) electrons. The molecule has 0 aliphatic heterocycles. The highest BCUT2D eigenvalue weighted by molar-refractivity contribution is 5.92. The molecule has 21 heavy (non-hydrogen) atoms. The van der Waals surface area contributed by atoms with Crippen LogP contribution in [0.3, 0.4) is 0 Å². The maximum Gasteiger partial charge on any atom is 0.335 e. The lowest BCUT2D eigenvalue weighted by molar-refractivity contribution is 0.0696. The Labute approximate surface area is 125 Å². The number of hydrogen-bond acceptors (Lipinski definition) is 2. The van der Waals surface area contributed by atoms with Crippen LogP contribution in [0.25, 0.3) is 11.1 Å². The Morgan fingerprint density at radius 1 is 1.10 bits per heavy atom. The highest BCUT2D eigenvalue weighted by atomic mass is 16.5. The second-order valence-electron chi connectivity index (χ2n) is 5.13. The van der Waals surface area contributed by atoms with Gasteiger partial charge in [0, 0.05) is 5.56 Å². The molecule has 0 spiro atoms. The maximum atomic E-state index is 11.3. The molecular weight excluding hydrogens is 264 g/mol. The average molecular weight is 284 g/mol. The molecule has 3 heteroatoms. The van der Waals surface area contributed by atoms with Gasteiger partial charge in [0.15, 0.2) is 0 Å². The third-order valence-corrected chi connectivity index (χ3v) is 3.44. The van der Waals surface area contributed by atoms with E-state index < -0.39 is 5.97 Å². The van der Waals surface area contributed by atoms with Crippen molar-refractivity contribution in [2.45, 2.75) is 27.2 Å². The van der Waals surface area contributed by atoms with Crippen LogP contribution in [0, 0.1) is 13.8 Å². The fourth-order valence-corrected chi connectivity index (χ4v) is 2.40. The zero-order valence-corrected chi connectivity index (χ0v) is 12.6. The van der Waals surface area contributed by atoms with Crippen molar-refractivity contribution in [3.05, 3.63) is 53.1 Å². The first-order valence-electron chi connectivity index (χ1n) is 7.11. The van der Waals surface area contributed by atoms with Crippen molar-refractivity contribution in [3.8, 4) is 16.9 Å². The van der Waals surface area contributed by atoms with Gasteiger partial charge in [0.05, 0.1) is 12.2 Å². The van der Waals surface area contributed by atoms with E-state index in [0.717, 1.165) is 34.4 Å². The summed E-state index contributed by atoms with van der Waals surface area (Å²) < 4.78 is 5.78. The minimum atomic E-state index is -0.902. The number of aromatic carboxylic acids is 1. The molecule has 0 aliphatic carbocycles. The zero-order valence-electron chi connectivity index (χ0n) is 12.6. The van der Waals surface area contributed by atoms with Crippen molar-refractivity contribution in [2.75, 3.05) is 6.61 Å². The third-order valence-electron chi connectivity index (χ3n) is 3.44. The molecule has 0 atom stereocenters. The summed E-state index contributed by atoms with van der Waals surface area (Å²) in [5.41, 5.74) is 4.00. The molecule has 3 nitrogen and oxygen atoms in total. The Hall–Kier alpha value is -2.29. The quantitative estimate of drug-likeness (QED) is 0.881. The van der Waals surface area contributed by atoms with Crippen LogP contribution in [-0.2, 0) is 0 Å². The van der Waals surface area contributed by atoms with E-state index in [1.54, 1.807) is 6.07 Å². The van der Waals surface area contributed by atoms with Crippen LogP contribution in [0.4, 0.5) is 0 Å². The number of rotatable bonds is 5. The predicted molar refractivity (Wildman–Crippen MR) is 84.1 cm³/mol. The van der Waals surface area contributed by atoms with Crippen molar-refractivity contribution >= 4 is 5.97 Å². The number of ether oxygens (including phenoxy) is 1. The van der Waals surface area contributed by atoms with Crippen LogP contribution >= 0.6 is 0 Å². The SMILES string of the molecule is CCCOc1ccccc1-c1cc(C(=O)O)c(C)cc1C. The summed E-state index contributed by atoms with van der Waals surface area (Å²) in [5, 5.41) is 9.31. The van der Waals surface area contributed by atoms with Gasteiger partial charge in [-0.2, -0.15) is 0 Å². The standard InChI is InChI=1S/C18H20O3/c1-4-9-21-17-8-6-5-7-14(17)15-11-16(18(19)20)13(3)10-12(15)2/h5-8,10-11H,4,9H2,1-3H3,(H,19,20). The Morgan fingerprint density at radius 3 is 2.48 bits per heavy atom. The molecule has 1 N–H and O–H groups in total.